The fourth-order valence-corrected chi connectivity index (χ4v) is 1.89. The van der Waals surface area contributed by atoms with Crippen LogP contribution in [-0.4, -0.2) is 17.5 Å². The molecule has 0 bridgehead atoms. The smallest absolute Gasteiger partial charge is 0.224 e. The van der Waals surface area contributed by atoms with Gasteiger partial charge in [-0.25, -0.2) is 0 Å². The number of benzene rings is 1. The Hall–Kier alpha value is -1.77. The lowest BCUT2D eigenvalue weighted by Crippen LogP contribution is -2.19. The molecule has 0 saturated heterocycles. The van der Waals surface area contributed by atoms with Crippen molar-refractivity contribution in [1.82, 2.24) is 9.88 Å². The molecule has 3 nitrogen and oxygen atoms in total. The van der Waals surface area contributed by atoms with Gasteiger partial charge >= 0.3 is 0 Å². The van der Waals surface area contributed by atoms with Gasteiger partial charge in [0, 0.05) is 25.3 Å². The molecular formula is C13H16N2O. The maximum atomic E-state index is 11.3. The number of nitrogens with zero attached hydrogens (tertiary/aromatic N) is 1. The van der Waals surface area contributed by atoms with E-state index in [0.717, 1.165) is 12.1 Å². The van der Waals surface area contributed by atoms with Crippen molar-refractivity contribution in [3.05, 3.63) is 36.0 Å². The second kappa shape index (κ2) is 4.39. The van der Waals surface area contributed by atoms with Gasteiger partial charge in [-0.15, -0.1) is 0 Å². The van der Waals surface area contributed by atoms with E-state index in [2.05, 4.69) is 41.2 Å². The topological polar surface area (TPSA) is 34.0 Å². The summed E-state index contributed by atoms with van der Waals surface area (Å²) in [5.41, 5.74) is 2.25. The van der Waals surface area contributed by atoms with Gasteiger partial charge in [0.25, 0.3) is 0 Å². The molecule has 16 heavy (non-hydrogen) atoms. The third-order valence-electron chi connectivity index (χ3n) is 2.82. The zero-order valence-corrected chi connectivity index (χ0v) is 9.66. The first-order valence-corrected chi connectivity index (χ1v) is 5.53. The van der Waals surface area contributed by atoms with Crippen LogP contribution in [0.5, 0.6) is 0 Å². The Labute approximate surface area is 95.1 Å². The van der Waals surface area contributed by atoms with Gasteiger partial charge in [-0.3, -0.25) is 4.79 Å². The van der Waals surface area contributed by atoms with Gasteiger partial charge in [0.15, 0.2) is 0 Å². The minimum atomic E-state index is 0.0500. The number of hydrogen-bond acceptors (Lipinski definition) is 1. The molecule has 84 valence electrons. The minimum absolute atomic E-state index is 0.0500. The molecule has 1 heterocycles. The Morgan fingerprint density at radius 3 is 2.88 bits per heavy atom. The van der Waals surface area contributed by atoms with Gasteiger partial charge in [0.1, 0.15) is 0 Å². The van der Waals surface area contributed by atoms with E-state index in [0.29, 0.717) is 6.42 Å². The van der Waals surface area contributed by atoms with Crippen LogP contribution in [0.3, 0.4) is 0 Å². The molecule has 1 amide bonds. The summed E-state index contributed by atoms with van der Waals surface area (Å²) >= 11 is 0. The Balaban J connectivity index is 2.37. The molecule has 0 atom stereocenters. The maximum Gasteiger partial charge on any atom is 0.224 e. The maximum absolute atomic E-state index is 11.3. The number of aromatic nitrogens is 1. The largest absolute Gasteiger partial charge is 0.359 e. The molecule has 0 radical (unpaired) electrons. The molecule has 1 N–H and O–H groups in total. The summed E-state index contributed by atoms with van der Waals surface area (Å²) in [6, 6.07) is 8.27. The summed E-state index contributed by atoms with van der Waals surface area (Å²) in [6.45, 7) is 3.07. The number of carbonyl (C=O) groups excluding carboxylic acids is 1. The van der Waals surface area contributed by atoms with Crippen molar-refractivity contribution < 1.29 is 4.79 Å². The number of likely N-dealkylation sites (N-methyl/N-ethyl adjacent to an activating group) is 1. The number of hydrogen-bond donors (Lipinski definition) is 1. The molecule has 0 aliphatic heterocycles. The molecule has 0 aliphatic rings. The monoisotopic (exact) mass is 216 g/mol. The number of aryl methyl sites for hydroxylation is 1. The van der Waals surface area contributed by atoms with Crippen LogP contribution in [0.4, 0.5) is 0 Å². The highest BCUT2D eigenvalue weighted by Gasteiger charge is 2.04. The normalized spacial score (nSPS) is 10.6. The molecular weight excluding hydrogens is 200 g/mol. The van der Waals surface area contributed by atoms with Gasteiger partial charge in [0.05, 0.1) is 6.42 Å². The van der Waals surface area contributed by atoms with E-state index < -0.39 is 0 Å². The fourth-order valence-electron chi connectivity index (χ4n) is 1.89. The van der Waals surface area contributed by atoms with E-state index in [4.69, 9.17) is 0 Å². The summed E-state index contributed by atoms with van der Waals surface area (Å²) in [6.07, 6.45) is 2.52. The molecule has 3 heteroatoms. The molecule has 0 unspecified atom stereocenters. The third-order valence-corrected chi connectivity index (χ3v) is 2.82. The first-order chi connectivity index (χ1) is 7.74. The van der Waals surface area contributed by atoms with Crippen molar-refractivity contribution in [3.63, 3.8) is 0 Å². The van der Waals surface area contributed by atoms with Crippen LogP contribution in [-0.2, 0) is 17.8 Å². The van der Waals surface area contributed by atoms with Gasteiger partial charge in [0.2, 0.25) is 5.91 Å². The highest BCUT2D eigenvalue weighted by atomic mass is 16.1. The molecule has 1 aromatic heterocycles. The highest BCUT2D eigenvalue weighted by molar-refractivity contribution is 5.83. The Kier molecular flexibility index (Phi) is 2.95. The number of carbonyl (C=O) groups is 1. The molecule has 0 fully saturated rings. The standard InChI is InChI=1S/C13H16N2O/c1-3-15-7-6-11-5-4-10(8-12(11)15)9-13(16)14-2/h4-8H,3,9H2,1-2H3,(H,14,16). The molecule has 2 rings (SSSR count). The zero-order chi connectivity index (χ0) is 11.5. The average Bonchev–Trinajstić information content (AvgIpc) is 2.71. The van der Waals surface area contributed by atoms with Crippen LogP contribution in [0, 0.1) is 0 Å². The van der Waals surface area contributed by atoms with Crippen LogP contribution in [0.25, 0.3) is 10.9 Å². The van der Waals surface area contributed by atoms with E-state index >= 15 is 0 Å². The SMILES string of the molecule is CCn1ccc2ccc(CC(=O)NC)cc21. The Bertz CT molecular complexity index is 514. The van der Waals surface area contributed by atoms with E-state index in [1.165, 1.54) is 10.9 Å². The lowest BCUT2D eigenvalue weighted by atomic mass is 10.1. The summed E-state index contributed by atoms with van der Waals surface area (Å²) in [7, 11) is 1.66. The second-order valence-corrected chi connectivity index (χ2v) is 3.84. The van der Waals surface area contributed by atoms with Crippen molar-refractivity contribution in [3.8, 4) is 0 Å². The van der Waals surface area contributed by atoms with Crippen LogP contribution < -0.4 is 5.32 Å². The Morgan fingerprint density at radius 2 is 2.19 bits per heavy atom. The number of amides is 1. The Morgan fingerprint density at radius 1 is 1.38 bits per heavy atom. The van der Waals surface area contributed by atoms with Crippen molar-refractivity contribution in [2.45, 2.75) is 19.9 Å². The van der Waals surface area contributed by atoms with E-state index in [-0.39, 0.29) is 5.91 Å². The van der Waals surface area contributed by atoms with E-state index in [1.807, 2.05) is 6.07 Å². The van der Waals surface area contributed by atoms with Crippen molar-refractivity contribution in [2.24, 2.45) is 0 Å². The van der Waals surface area contributed by atoms with E-state index in [9.17, 15) is 4.79 Å². The number of rotatable bonds is 3. The lowest BCUT2D eigenvalue weighted by molar-refractivity contribution is -0.119. The minimum Gasteiger partial charge on any atom is -0.359 e. The third kappa shape index (κ3) is 1.94. The van der Waals surface area contributed by atoms with Gasteiger partial charge in [-0.2, -0.15) is 0 Å². The summed E-state index contributed by atoms with van der Waals surface area (Å²) in [4.78, 5) is 11.3. The van der Waals surface area contributed by atoms with Crippen molar-refractivity contribution in [2.75, 3.05) is 7.05 Å². The first-order valence-electron chi connectivity index (χ1n) is 5.53. The van der Waals surface area contributed by atoms with Gasteiger partial charge in [-0.1, -0.05) is 12.1 Å². The molecule has 0 saturated carbocycles. The van der Waals surface area contributed by atoms with Gasteiger partial charge in [-0.05, 0) is 30.0 Å². The average molecular weight is 216 g/mol. The molecule has 2 aromatic rings. The van der Waals surface area contributed by atoms with Gasteiger partial charge < -0.3 is 9.88 Å². The highest BCUT2D eigenvalue weighted by Crippen LogP contribution is 2.17. The van der Waals surface area contributed by atoms with Crippen LogP contribution in [0.1, 0.15) is 12.5 Å². The van der Waals surface area contributed by atoms with Crippen LogP contribution in [0.15, 0.2) is 30.5 Å². The number of nitrogens with one attached hydrogen (secondary N) is 1. The number of fused-ring (bicyclic) bond motifs is 1. The molecule has 0 aliphatic carbocycles. The zero-order valence-electron chi connectivity index (χ0n) is 9.66. The summed E-state index contributed by atoms with van der Waals surface area (Å²) in [5.74, 6) is 0.0500. The molecule has 1 aromatic carbocycles. The summed E-state index contributed by atoms with van der Waals surface area (Å²) < 4.78 is 2.18. The lowest BCUT2D eigenvalue weighted by Gasteiger charge is -2.04. The molecule has 0 spiro atoms. The predicted molar refractivity (Wildman–Crippen MR) is 65.4 cm³/mol. The second-order valence-electron chi connectivity index (χ2n) is 3.84. The van der Waals surface area contributed by atoms with Crippen LogP contribution >= 0.6 is 0 Å². The van der Waals surface area contributed by atoms with Crippen molar-refractivity contribution >= 4 is 16.8 Å². The van der Waals surface area contributed by atoms with Crippen molar-refractivity contribution in [1.29, 1.82) is 0 Å². The van der Waals surface area contributed by atoms with Crippen LogP contribution in [0.2, 0.25) is 0 Å². The predicted octanol–water partition coefficient (Wildman–Crippen LogP) is 1.95. The fraction of sp³-hybridized carbons (Fsp3) is 0.308. The van der Waals surface area contributed by atoms with E-state index in [1.54, 1.807) is 7.05 Å². The summed E-state index contributed by atoms with van der Waals surface area (Å²) in [5, 5.41) is 3.86. The first kappa shape index (κ1) is 10.7. The quantitative estimate of drug-likeness (QED) is 0.836.